The summed E-state index contributed by atoms with van der Waals surface area (Å²) in [6.07, 6.45) is 0.842. The van der Waals surface area contributed by atoms with E-state index in [0.717, 1.165) is 12.0 Å². The Labute approximate surface area is 156 Å². The number of aryl methyl sites for hydroxylation is 1. The van der Waals surface area contributed by atoms with Crippen LogP contribution in [0.1, 0.15) is 24.5 Å². The van der Waals surface area contributed by atoms with Crippen LogP contribution in [0.3, 0.4) is 0 Å². The number of hydrogen-bond donors (Lipinski definition) is 0. The monoisotopic (exact) mass is 372 g/mol. The fraction of sp³-hybridized carbons (Fsp3) is 0.300. The van der Waals surface area contributed by atoms with Crippen LogP contribution >= 0.6 is 11.6 Å². The van der Waals surface area contributed by atoms with Crippen LogP contribution in [0.25, 0.3) is 11.1 Å². The number of aromatic nitrogens is 1. The smallest absolute Gasteiger partial charge is 0.408 e. The molecule has 0 aliphatic heterocycles. The molecule has 3 aromatic rings. The molecule has 1 aromatic heterocycles. The Morgan fingerprint density at radius 1 is 1.19 bits per heavy atom. The molecule has 3 rings (SSSR count). The van der Waals surface area contributed by atoms with Gasteiger partial charge in [-0.15, -0.1) is 0 Å². The van der Waals surface area contributed by atoms with E-state index in [1.165, 1.54) is 10.1 Å². The molecule has 0 atom stereocenters. The average Bonchev–Trinajstić information content (AvgIpc) is 2.91. The minimum Gasteiger partial charge on any atom is -0.408 e. The molecule has 26 heavy (non-hydrogen) atoms. The number of carbonyl (C=O) groups excluding carboxylic acids is 1. The van der Waals surface area contributed by atoms with E-state index < -0.39 is 5.76 Å². The van der Waals surface area contributed by atoms with E-state index >= 15 is 0 Å². The quantitative estimate of drug-likeness (QED) is 0.657. The zero-order chi connectivity index (χ0) is 18.7. The van der Waals surface area contributed by atoms with Crippen molar-refractivity contribution in [2.24, 2.45) is 0 Å². The van der Waals surface area contributed by atoms with E-state index in [2.05, 4.69) is 0 Å². The van der Waals surface area contributed by atoms with Crippen LogP contribution in [0.4, 0.5) is 0 Å². The van der Waals surface area contributed by atoms with Gasteiger partial charge in [-0.25, -0.2) is 4.79 Å². The maximum atomic E-state index is 12.8. The summed E-state index contributed by atoms with van der Waals surface area (Å²) in [7, 11) is 0. The number of nitrogens with zero attached hydrogens (tertiary/aromatic N) is 2. The van der Waals surface area contributed by atoms with Crippen molar-refractivity contribution in [3.05, 3.63) is 69.2 Å². The number of oxazole rings is 1. The minimum absolute atomic E-state index is 0.0562. The summed E-state index contributed by atoms with van der Waals surface area (Å²) in [5, 5.41) is 0.483. The third-order valence-corrected chi connectivity index (χ3v) is 4.50. The lowest BCUT2D eigenvalue weighted by atomic mass is 10.1. The van der Waals surface area contributed by atoms with E-state index in [1.54, 1.807) is 23.1 Å². The molecule has 0 bridgehead atoms. The fourth-order valence-corrected chi connectivity index (χ4v) is 3.06. The van der Waals surface area contributed by atoms with Crippen molar-refractivity contribution in [3.63, 3.8) is 0 Å². The van der Waals surface area contributed by atoms with Gasteiger partial charge in [-0.1, -0.05) is 48.4 Å². The third-order valence-electron chi connectivity index (χ3n) is 4.26. The number of fused-ring (bicyclic) bond motifs is 1. The molecular formula is C20H21ClN2O3. The SMILES string of the molecule is CCCN(Cc1ccc(C)cc1)C(=O)Cn1c(=O)oc2cc(Cl)ccc21. The number of rotatable bonds is 6. The lowest BCUT2D eigenvalue weighted by Crippen LogP contribution is -2.35. The first-order chi connectivity index (χ1) is 12.5. The van der Waals surface area contributed by atoms with Crippen LogP contribution in [-0.4, -0.2) is 21.9 Å². The fourth-order valence-electron chi connectivity index (χ4n) is 2.90. The van der Waals surface area contributed by atoms with Gasteiger partial charge in [0.15, 0.2) is 5.58 Å². The van der Waals surface area contributed by atoms with E-state index in [-0.39, 0.29) is 12.5 Å². The summed E-state index contributed by atoms with van der Waals surface area (Å²) < 4.78 is 6.56. The van der Waals surface area contributed by atoms with E-state index in [9.17, 15) is 9.59 Å². The van der Waals surface area contributed by atoms with Crippen LogP contribution in [0.15, 0.2) is 51.7 Å². The highest BCUT2D eigenvalue weighted by molar-refractivity contribution is 6.31. The summed E-state index contributed by atoms with van der Waals surface area (Å²) in [6, 6.07) is 13.0. The van der Waals surface area contributed by atoms with Gasteiger partial charge in [-0.2, -0.15) is 0 Å². The van der Waals surface area contributed by atoms with Gasteiger partial charge in [-0.05, 0) is 31.0 Å². The highest BCUT2D eigenvalue weighted by atomic mass is 35.5. The molecule has 0 N–H and O–H groups in total. The van der Waals surface area contributed by atoms with Crippen LogP contribution in [0.5, 0.6) is 0 Å². The summed E-state index contributed by atoms with van der Waals surface area (Å²) in [4.78, 5) is 26.7. The third kappa shape index (κ3) is 3.99. The number of amides is 1. The first kappa shape index (κ1) is 18.3. The molecule has 0 aliphatic carbocycles. The molecule has 2 aromatic carbocycles. The Kier molecular flexibility index (Phi) is 5.47. The van der Waals surface area contributed by atoms with Gasteiger partial charge >= 0.3 is 5.76 Å². The summed E-state index contributed by atoms with van der Waals surface area (Å²) in [6.45, 7) is 5.14. The Hall–Kier alpha value is -2.53. The Bertz CT molecular complexity index is 973. The summed E-state index contributed by atoms with van der Waals surface area (Å²) in [5.41, 5.74) is 3.20. The van der Waals surface area contributed by atoms with Gasteiger partial charge in [0.1, 0.15) is 6.54 Å². The molecule has 5 nitrogen and oxygen atoms in total. The lowest BCUT2D eigenvalue weighted by Gasteiger charge is -2.22. The molecule has 0 radical (unpaired) electrons. The highest BCUT2D eigenvalue weighted by Crippen LogP contribution is 2.18. The molecule has 136 valence electrons. The molecule has 1 amide bonds. The molecule has 6 heteroatoms. The largest absolute Gasteiger partial charge is 0.420 e. The molecular weight excluding hydrogens is 352 g/mol. The van der Waals surface area contributed by atoms with Gasteiger partial charge in [0.25, 0.3) is 0 Å². The Morgan fingerprint density at radius 2 is 1.92 bits per heavy atom. The molecule has 1 heterocycles. The topological polar surface area (TPSA) is 55.5 Å². The first-order valence-corrected chi connectivity index (χ1v) is 8.98. The molecule has 0 aliphatic rings. The van der Waals surface area contributed by atoms with Crippen molar-refractivity contribution >= 4 is 28.6 Å². The van der Waals surface area contributed by atoms with Crippen LogP contribution < -0.4 is 5.76 Å². The molecule has 0 saturated carbocycles. The second-order valence-corrected chi connectivity index (χ2v) is 6.80. The van der Waals surface area contributed by atoms with E-state index in [1.807, 2.05) is 38.1 Å². The summed E-state index contributed by atoms with van der Waals surface area (Å²) >= 11 is 5.93. The van der Waals surface area contributed by atoms with Crippen molar-refractivity contribution in [2.75, 3.05) is 6.54 Å². The Balaban J connectivity index is 1.83. The first-order valence-electron chi connectivity index (χ1n) is 8.60. The second kappa shape index (κ2) is 7.79. The van der Waals surface area contributed by atoms with Gasteiger partial charge in [0, 0.05) is 24.2 Å². The maximum absolute atomic E-state index is 12.8. The lowest BCUT2D eigenvalue weighted by molar-refractivity contribution is -0.132. The average molecular weight is 373 g/mol. The van der Waals surface area contributed by atoms with Crippen molar-refractivity contribution in [3.8, 4) is 0 Å². The van der Waals surface area contributed by atoms with E-state index in [4.69, 9.17) is 16.0 Å². The van der Waals surface area contributed by atoms with Gasteiger partial charge < -0.3 is 9.32 Å². The van der Waals surface area contributed by atoms with Crippen molar-refractivity contribution in [1.29, 1.82) is 0 Å². The summed E-state index contributed by atoms with van der Waals surface area (Å²) in [5.74, 6) is -0.672. The van der Waals surface area contributed by atoms with Crippen molar-refractivity contribution < 1.29 is 9.21 Å². The van der Waals surface area contributed by atoms with Gasteiger partial charge in [0.2, 0.25) is 5.91 Å². The van der Waals surface area contributed by atoms with Crippen LogP contribution in [-0.2, 0) is 17.9 Å². The molecule has 0 fully saturated rings. The van der Waals surface area contributed by atoms with Crippen LogP contribution in [0, 0.1) is 6.92 Å². The Morgan fingerprint density at radius 3 is 2.62 bits per heavy atom. The number of benzene rings is 2. The number of hydrogen-bond acceptors (Lipinski definition) is 3. The highest BCUT2D eigenvalue weighted by Gasteiger charge is 2.18. The zero-order valence-corrected chi connectivity index (χ0v) is 15.6. The predicted octanol–water partition coefficient (Wildman–Crippen LogP) is 4.00. The predicted molar refractivity (Wildman–Crippen MR) is 102 cm³/mol. The maximum Gasteiger partial charge on any atom is 0.420 e. The van der Waals surface area contributed by atoms with Gasteiger partial charge in [0.05, 0.1) is 5.52 Å². The van der Waals surface area contributed by atoms with Crippen molar-refractivity contribution in [1.82, 2.24) is 9.47 Å². The molecule has 0 unspecified atom stereocenters. The normalized spacial score (nSPS) is 11.0. The van der Waals surface area contributed by atoms with E-state index in [0.29, 0.717) is 29.2 Å². The van der Waals surface area contributed by atoms with Gasteiger partial charge in [-0.3, -0.25) is 9.36 Å². The zero-order valence-electron chi connectivity index (χ0n) is 14.9. The molecule has 0 saturated heterocycles. The number of carbonyl (C=O) groups is 1. The minimum atomic E-state index is -0.553. The molecule has 0 spiro atoms. The second-order valence-electron chi connectivity index (χ2n) is 6.37. The van der Waals surface area contributed by atoms with Crippen LogP contribution in [0.2, 0.25) is 5.02 Å². The van der Waals surface area contributed by atoms with Crippen molar-refractivity contribution in [2.45, 2.75) is 33.4 Å². The standard InChI is InChI=1S/C20H21ClN2O3/c1-3-10-22(12-15-6-4-14(2)5-7-15)19(24)13-23-17-9-8-16(21)11-18(17)26-20(23)25/h4-9,11H,3,10,12-13H2,1-2H3. The number of halogens is 1.